The van der Waals surface area contributed by atoms with Crippen LogP contribution in [0.5, 0.6) is 0 Å². The first-order chi connectivity index (χ1) is 9.85. The Balaban J connectivity index is 2.90. The van der Waals surface area contributed by atoms with Crippen LogP contribution in [0.1, 0.15) is 15.9 Å². The molecule has 0 aromatic heterocycles. The first-order valence-corrected chi connectivity index (χ1v) is 6.39. The summed E-state index contributed by atoms with van der Waals surface area (Å²) in [5.74, 6) is -1.72. The van der Waals surface area contributed by atoms with Crippen LogP contribution in [0.3, 0.4) is 0 Å². The van der Waals surface area contributed by atoms with Crippen LogP contribution in [0.15, 0.2) is 24.3 Å². The molecule has 0 saturated carbocycles. The molecule has 2 N–H and O–H groups in total. The van der Waals surface area contributed by atoms with Crippen molar-refractivity contribution in [2.75, 3.05) is 20.6 Å². The number of nitrogens with one attached hydrogen (secondary N) is 1. The number of hydrogen-bond acceptors (Lipinski definition) is 3. The zero-order chi connectivity index (χ0) is 16.0. The number of carboxylic acids is 1. The fourth-order valence-corrected chi connectivity index (χ4v) is 1.79. The van der Waals surface area contributed by atoms with Gasteiger partial charge in [0, 0.05) is 30.8 Å². The highest BCUT2D eigenvalue weighted by Crippen LogP contribution is 2.20. The Morgan fingerprint density at radius 1 is 1.38 bits per heavy atom. The second kappa shape index (κ2) is 7.44. The molecule has 2 amide bonds. The molecule has 1 aromatic rings. The van der Waals surface area contributed by atoms with E-state index in [1.807, 2.05) is 0 Å². The lowest BCUT2D eigenvalue weighted by Gasteiger charge is -2.16. The molecule has 0 heterocycles. The van der Waals surface area contributed by atoms with Gasteiger partial charge in [-0.25, -0.2) is 4.79 Å². The van der Waals surface area contributed by atoms with Gasteiger partial charge in [0.05, 0.1) is 6.54 Å². The van der Waals surface area contributed by atoms with Gasteiger partial charge >= 0.3 is 5.97 Å². The van der Waals surface area contributed by atoms with E-state index in [0.717, 1.165) is 6.08 Å². The zero-order valence-corrected chi connectivity index (χ0v) is 12.3. The molecule has 21 heavy (non-hydrogen) atoms. The zero-order valence-electron chi connectivity index (χ0n) is 11.6. The molecule has 0 spiro atoms. The van der Waals surface area contributed by atoms with Crippen LogP contribution in [0, 0.1) is 0 Å². The van der Waals surface area contributed by atoms with Crippen molar-refractivity contribution in [3.8, 4) is 0 Å². The maximum Gasteiger partial charge on any atom is 0.328 e. The average Bonchev–Trinajstić information content (AvgIpc) is 2.44. The summed E-state index contributed by atoms with van der Waals surface area (Å²) in [7, 11) is 2.99. The van der Waals surface area contributed by atoms with Gasteiger partial charge in [0.25, 0.3) is 5.91 Å². The number of hydrogen-bond donors (Lipinski definition) is 2. The average molecular weight is 311 g/mol. The molecule has 0 bridgehead atoms. The molecule has 0 fully saturated rings. The van der Waals surface area contributed by atoms with Crippen LogP contribution in [0.25, 0.3) is 6.08 Å². The lowest BCUT2D eigenvalue weighted by molar-refractivity contribution is -0.131. The van der Waals surface area contributed by atoms with E-state index in [1.165, 1.54) is 37.2 Å². The molecule has 0 radical (unpaired) electrons. The van der Waals surface area contributed by atoms with Crippen molar-refractivity contribution in [3.63, 3.8) is 0 Å². The normalized spacial score (nSPS) is 10.4. The van der Waals surface area contributed by atoms with Crippen LogP contribution < -0.4 is 5.32 Å². The summed E-state index contributed by atoms with van der Waals surface area (Å²) in [6.45, 7) is -0.0619. The summed E-state index contributed by atoms with van der Waals surface area (Å²) in [5.41, 5.74) is 0.809. The fraction of sp³-hybridized carbons (Fsp3) is 0.214. The molecule has 6 nitrogen and oxygen atoms in total. The lowest BCUT2D eigenvalue weighted by Crippen LogP contribution is -2.36. The molecule has 0 aliphatic carbocycles. The summed E-state index contributed by atoms with van der Waals surface area (Å²) in [6.07, 6.45) is 2.30. The van der Waals surface area contributed by atoms with Crippen molar-refractivity contribution in [3.05, 3.63) is 40.4 Å². The van der Waals surface area contributed by atoms with E-state index in [0.29, 0.717) is 11.1 Å². The third-order valence-corrected chi connectivity index (χ3v) is 2.99. The first kappa shape index (κ1) is 16.7. The molecule has 0 aliphatic rings. The molecule has 0 aliphatic heterocycles. The quantitative estimate of drug-likeness (QED) is 0.802. The lowest BCUT2D eigenvalue weighted by atomic mass is 10.1. The second-order valence-electron chi connectivity index (χ2n) is 4.24. The van der Waals surface area contributed by atoms with Crippen molar-refractivity contribution in [1.29, 1.82) is 0 Å². The van der Waals surface area contributed by atoms with Crippen LogP contribution in [-0.4, -0.2) is 48.4 Å². The van der Waals surface area contributed by atoms with E-state index < -0.39 is 5.97 Å². The Morgan fingerprint density at radius 3 is 2.57 bits per heavy atom. The summed E-state index contributed by atoms with van der Waals surface area (Å²) in [4.78, 5) is 35.0. The molecule has 7 heteroatoms. The minimum absolute atomic E-state index is 0.0619. The van der Waals surface area contributed by atoms with Gasteiger partial charge in [-0.05, 0) is 23.8 Å². The van der Waals surface area contributed by atoms with Gasteiger partial charge < -0.3 is 15.3 Å². The molecule has 112 valence electrons. The highest BCUT2D eigenvalue weighted by Gasteiger charge is 2.15. The Morgan fingerprint density at radius 2 is 2.05 bits per heavy atom. The van der Waals surface area contributed by atoms with Gasteiger partial charge in [0.2, 0.25) is 5.91 Å². The maximum absolute atomic E-state index is 12.1. The Hall–Kier alpha value is -2.34. The fourth-order valence-electron chi connectivity index (χ4n) is 1.54. The van der Waals surface area contributed by atoms with Crippen molar-refractivity contribution in [2.45, 2.75) is 0 Å². The molecule has 1 aromatic carbocycles. The smallest absolute Gasteiger partial charge is 0.328 e. The molecule has 0 atom stereocenters. The summed E-state index contributed by atoms with van der Waals surface area (Å²) in [5, 5.41) is 11.2. The number of likely N-dealkylation sites (N-methyl/N-ethyl adjacent to an activating group) is 2. The minimum Gasteiger partial charge on any atom is -0.478 e. The molecule has 0 saturated heterocycles. The van der Waals surface area contributed by atoms with E-state index in [4.69, 9.17) is 16.7 Å². The van der Waals surface area contributed by atoms with E-state index in [-0.39, 0.29) is 23.4 Å². The van der Waals surface area contributed by atoms with Gasteiger partial charge in [0.15, 0.2) is 0 Å². The van der Waals surface area contributed by atoms with Gasteiger partial charge in [-0.1, -0.05) is 17.7 Å². The van der Waals surface area contributed by atoms with Crippen molar-refractivity contribution >= 4 is 35.5 Å². The van der Waals surface area contributed by atoms with Crippen LogP contribution in [-0.2, 0) is 9.59 Å². The number of benzene rings is 1. The summed E-state index contributed by atoms with van der Waals surface area (Å²) >= 11 is 6.00. The van der Waals surface area contributed by atoms with E-state index in [1.54, 1.807) is 6.07 Å². The Labute approximate surface area is 127 Å². The third-order valence-electron chi connectivity index (χ3n) is 2.66. The highest BCUT2D eigenvalue weighted by atomic mass is 35.5. The first-order valence-electron chi connectivity index (χ1n) is 6.01. The second-order valence-corrected chi connectivity index (χ2v) is 4.65. The monoisotopic (exact) mass is 310 g/mol. The van der Waals surface area contributed by atoms with Crippen molar-refractivity contribution in [2.24, 2.45) is 0 Å². The number of halogens is 1. The maximum atomic E-state index is 12.1. The Bertz CT molecular complexity index is 599. The van der Waals surface area contributed by atoms with Gasteiger partial charge in [-0.2, -0.15) is 0 Å². The topological polar surface area (TPSA) is 86.7 Å². The number of carboxylic acid groups (broad SMARTS) is 1. The highest BCUT2D eigenvalue weighted by molar-refractivity contribution is 6.32. The van der Waals surface area contributed by atoms with Gasteiger partial charge in [-0.15, -0.1) is 0 Å². The van der Waals surface area contributed by atoms with Gasteiger partial charge in [-0.3, -0.25) is 9.59 Å². The van der Waals surface area contributed by atoms with Crippen molar-refractivity contribution in [1.82, 2.24) is 10.2 Å². The van der Waals surface area contributed by atoms with Gasteiger partial charge in [0.1, 0.15) is 0 Å². The number of aliphatic carboxylic acids is 1. The number of nitrogens with zero attached hydrogens (tertiary/aromatic N) is 1. The Kier molecular flexibility index (Phi) is 5.92. The number of amides is 2. The molecule has 1 rings (SSSR count). The van der Waals surface area contributed by atoms with Crippen LogP contribution in [0.4, 0.5) is 0 Å². The molecular formula is C14H15ClN2O4. The summed E-state index contributed by atoms with van der Waals surface area (Å²) < 4.78 is 0. The van der Waals surface area contributed by atoms with E-state index in [9.17, 15) is 14.4 Å². The van der Waals surface area contributed by atoms with Crippen LogP contribution >= 0.6 is 11.6 Å². The number of carbonyl (C=O) groups excluding carboxylic acids is 2. The third kappa shape index (κ3) is 4.92. The number of carbonyl (C=O) groups is 3. The van der Waals surface area contributed by atoms with Crippen LogP contribution in [0.2, 0.25) is 5.02 Å². The predicted octanol–water partition coefficient (Wildman–Crippen LogP) is 1.26. The van der Waals surface area contributed by atoms with Crippen molar-refractivity contribution < 1.29 is 19.5 Å². The largest absolute Gasteiger partial charge is 0.478 e. The summed E-state index contributed by atoms with van der Waals surface area (Å²) in [6, 6.07) is 4.50. The predicted molar refractivity (Wildman–Crippen MR) is 79.1 cm³/mol. The molecule has 0 unspecified atom stereocenters. The standard InChI is InChI=1S/C14H15ClN2O4/c1-16-12(18)8-17(2)14(21)10-4-3-9(11(15)7-10)5-6-13(19)20/h3-7H,8H2,1-2H3,(H,16,18)(H,19,20)/b6-5+. The number of rotatable bonds is 5. The SMILES string of the molecule is CNC(=O)CN(C)C(=O)c1ccc(/C=C/C(=O)O)c(Cl)c1. The molecular weight excluding hydrogens is 296 g/mol. The van der Waals surface area contributed by atoms with E-state index in [2.05, 4.69) is 5.32 Å². The van der Waals surface area contributed by atoms with E-state index >= 15 is 0 Å². The minimum atomic E-state index is -1.09.